The van der Waals surface area contributed by atoms with E-state index in [1.54, 1.807) is 24.1 Å². The van der Waals surface area contributed by atoms with Gasteiger partial charge in [-0.15, -0.1) is 0 Å². The number of carbonyl (C=O) groups excluding carboxylic acids is 2. The summed E-state index contributed by atoms with van der Waals surface area (Å²) in [6.07, 6.45) is 0. The number of hydrogen-bond acceptors (Lipinski definition) is 4. The summed E-state index contributed by atoms with van der Waals surface area (Å²) < 4.78 is 13.8. The van der Waals surface area contributed by atoms with Gasteiger partial charge in [0, 0.05) is 44.0 Å². The Morgan fingerprint density at radius 3 is 2.42 bits per heavy atom. The zero-order valence-corrected chi connectivity index (χ0v) is 18.5. The molecule has 0 spiro atoms. The fourth-order valence-corrected chi connectivity index (χ4v) is 3.73. The Morgan fingerprint density at radius 2 is 1.71 bits per heavy atom. The van der Waals surface area contributed by atoms with Crippen molar-refractivity contribution >= 4 is 17.5 Å². The summed E-state index contributed by atoms with van der Waals surface area (Å²) in [6, 6.07) is 12.6. The van der Waals surface area contributed by atoms with Gasteiger partial charge in [0.25, 0.3) is 0 Å². The second-order valence-electron chi connectivity index (χ2n) is 8.22. The number of amides is 2. The molecule has 3 rings (SSSR count). The second-order valence-corrected chi connectivity index (χ2v) is 8.22. The minimum Gasteiger partial charge on any atom is -0.339 e. The van der Waals surface area contributed by atoms with Gasteiger partial charge in [0.05, 0.1) is 13.1 Å². The van der Waals surface area contributed by atoms with Crippen molar-refractivity contribution in [3.63, 3.8) is 0 Å². The first-order chi connectivity index (χ1) is 14.8. The smallest absolute Gasteiger partial charge is 0.238 e. The maximum atomic E-state index is 13.8. The van der Waals surface area contributed by atoms with Crippen LogP contribution in [0.5, 0.6) is 0 Å². The van der Waals surface area contributed by atoms with Gasteiger partial charge < -0.3 is 10.2 Å². The van der Waals surface area contributed by atoms with Crippen LogP contribution in [0.3, 0.4) is 0 Å². The Labute approximate surface area is 183 Å². The minimum absolute atomic E-state index is 0.00702. The summed E-state index contributed by atoms with van der Waals surface area (Å²) in [6.45, 7) is 7.49. The van der Waals surface area contributed by atoms with Crippen LogP contribution in [0.1, 0.15) is 16.7 Å². The van der Waals surface area contributed by atoms with Gasteiger partial charge in [-0.1, -0.05) is 30.3 Å². The van der Waals surface area contributed by atoms with Gasteiger partial charge in [-0.2, -0.15) is 0 Å². The molecule has 1 aliphatic rings. The van der Waals surface area contributed by atoms with Gasteiger partial charge in [-0.05, 0) is 44.2 Å². The molecule has 0 saturated carbocycles. The minimum atomic E-state index is -0.193. The van der Waals surface area contributed by atoms with E-state index < -0.39 is 0 Å². The monoisotopic (exact) mass is 426 g/mol. The van der Waals surface area contributed by atoms with E-state index in [-0.39, 0.29) is 30.7 Å². The highest BCUT2D eigenvalue weighted by atomic mass is 19.1. The zero-order valence-electron chi connectivity index (χ0n) is 18.5. The van der Waals surface area contributed by atoms with Crippen molar-refractivity contribution in [1.82, 2.24) is 14.7 Å². The standard InChI is InChI=1S/C24H31FN4O2/c1-18-7-6-10-22(19(18)2)26-23(30)16-27(3)17-24(31)29-13-11-28(12-14-29)15-20-8-4-5-9-21(20)25/h4-10H,11-17H2,1-3H3,(H,26,30). The van der Waals surface area contributed by atoms with Gasteiger partial charge in [0.1, 0.15) is 5.82 Å². The Morgan fingerprint density at radius 1 is 1.00 bits per heavy atom. The normalized spacial score (nSPS) is 14.7. The molecule has 2 aromatic rings. The van der Waals surface area contributed by atoms with E-state index in [0.29, 0.717) is 38.3 Å². The number of nitrogens with zero attached hydrogens (tertiary/aromatic N) is 3. The van der Waals surface area contributed by atoms with E-state index in [2.05, 4.69) is 10.2 Å². The lowest BCUT2D eigenvalue weighted by Gasteiger charge is -2.35. The highest BCUT2D eigenvalue weighted by Crippen LogP contribution is 2.18. The van der Waals surface area contributed by atoms with Crippen LogP contribution in [0.25, 0.3) is 0 Å². The average molecular weight is 427 g/mol. The van der Waals surface area contributed by atoms with E-state index in [1.165, 1.54) is 6.07 Å². The quantitative estimate of drug-likeness (QED) is 0.740. The summed E-state index contributed by atoms with van der Waals surface area (Å²) >= 11 is 0. The van der Waals surface area contributed by atoms with Crippen LogP contribution in [-0.4, -0.2) is 72.8 Å². The molecule has 2 aromatic carbocycles. The molecule has 1 fully saturated rings. The zero-order chi connectivity index (χ0) is 22.4. The second kappa shape index (κ2) is 10.5. The van der Waals surface area contributed by atoms with Gasteiger partial charge in [-0.25, -0.2) is 4.39 Å². The maximum Gasteiger partial charge on any atom is 0.238 e. The summed E-state index contributed by atoms with van der Waals surface area (Å²) in [5, 5.41) is 2.93. The van der Waals surface area contributed by atoms with Crippen molar-refractivity contribution in [2.24, 2.45) is 0 Å². The van der Waals surface area contributed by atoms with E-state index >= 15 is 0 Å². The number of carbonyl (C=O) groups is 2. The highest BCUT2D eigenvalue weighted by molar-refractivity contribution is 5.93. The van der Waals surface area contributed by atoms with Crippen LogP contribution >= 0.6 is 0 Å². The Balaban J connectivity index is 1.42. The lowest BCUT2D eigenvalue weighted by Crippen LogP contribution is -2.51. The van der Waals surface area contributed by atoms with Crippen LogP contribution in [0, 0.1) is 19.7 Å². The number of hydrogen-bond donors (Lipinski definition) is 1. The molecular weight excluding hydrogens is 395 g/mol. The molecule has 0 aliphatic carbocycles. The molecule has 1 heterocycles. The van der Waals surface area contributed by atoms with E-state index in [9.17, 15) is 14.0 Å². The molecule has 166 valence electrons. The van der Waals surface area contributed by atoms with Crippen LogP contribution in [0.2, 0.25) is 0 Å². The topological polar surface area (TPSA) is 55.9 Å². The number of likely N-dealkylation sites (N-methyl/N-ethyl adjacent to an activating group) is 1. The van der Waals surface area contributed by atoms with Crippen LogP contribution in [0.4, 0.5) is 10.1 Å². The number of rotatable bonds is 7. The van der Waals surface area contributed by atoms with Crippen molar-refractivity contribution < 1.29 is 14.0 Å². The average Bonchev–Trinajstić information content (AvgIpc) is 2.73. The molecular formula is C24H31FN4O2. The SMILES string of the molecule is Cc1cccc(NC(=O)CN(C)CC(=O)N2CCN(Cc3ccccc3F)CC2)c1C. The lowest BCUT2D eigenvalue weighted by molar-refractivity contribution is -0.134. The lowest BCUT2D eigenvalue weighted by atomic mass is 10.1. The van der Waals surface area contributed by atoms with E-state index in [1.807, 2.05) is 43.0 Å². The van der Waals surface area contributed by atoms with Crippen molar-refractivity contribution in [3.05, 3.63) is 65.0 Å². The number of aryl methyl sites for hydroxylation is 1. The summed E-state index contributed by atoms with van der Waals surface area (Å²) in [5.74, 6) is -0.326. The third kappa shape index (κ3) is 6.35. The largest absolute Gasteiger partial charge is 0.339 e. The summed E-state index contributed by atoms with van der Waals surface area (Å²) in [7, 11) is 1.77. The first-order valence-corrected chi connectivity index (χ1v) is 10.6. The highest BCUT2D eigenvalue weighted by Gasteiger charge is 2.23. The van der Waals surface area contributed by atoms with Gasteiger partial charge in [-0.3, -0.25) is 19.4 Å². The van der Waals surface area contributed by atoms with Crippen LogP contribution in [0.15, 0.2) is 42.5 Å². The third-order valence-electron chi connectivity index (χ3n) is 5.77. The van der Waals surface area contributed by atoms with Gasteiger partial charge in [0.2, 0.25) is 11.8 Å². The first-order valence-electron chi connectivity index (χ1n) is 10.6. The Hall–Kier alpha value is -2.77. The molecule has 1 N–H and O–H groups in total. The Kier molecular flexibility index (Phi) is 7.76. The molecule has 0 unspecified atom stereocenters. The van der Waals surface area contributed by atoms with Crippen molar-refractivity contribution in [2.45, 2.75) is 20.4 Å². The van der Waals surface area contributed by atoms with Gasteiger partial charge >= 0.3 is 0 Å². The molecule has 31 heavy (non-hydrogen) atoms. The molecule has 6 nitrogen and oxygen atoms in total. The fourth-order valence-electron chi connectivity index (χ4n) is 3.73. The molecule has 1 saturated heterocycles. The maximum absolute atomic E-state index is 13.8. The summed E-state index contributed by atoms with van der Waals surface area (Å²) in [4.78, 5) is 30.7. The molecule has 0 atom stereocenters. The predicted molar refractivity (Wildman–Crippen MR) is 120 cm³/mol. The number of benzene rings is 2. The fraction of sp³-hybridized carbons (Fsp3) is 0.417. The molecule has 7 heteroatoms. The Bertz CT molecular complexity index is 926. The van der Waals surface area contributed by atoms with Crippen molar-refractivity contribution in [3.8, 4) is 0 Å². The molecule has 0 bridgehead atoms. The van der Waals surface area contributed by atoms with E-state index in [0.717, 1.165) is 16.8 Å². The van der Waals surface area contributed by atoms with Gasteiger partial charge in [0.15, 0.2) is 0 Å². The first kappa shape index (κ1) is 22.9. The molecule has 2 amide bonds. The van der Waals surface area contributed by atoms with Crippen molar-refractivity contribution in [2.75, 3.05) is 51.6 Å². The number of anilines is 1. The molecule has 0 radical (unpaired) electrons. The van der Waals surface area contributed by atoms with Crippen molar-refractivity contribution in [1.29, 1.82) is 0 Å². The summed E-state index contributed by atoms with van der Waals surface area (Å²) in [5.41, 5.74) is 3.64. The predicted octanol–water partition coefficient (Wildman–Crippen LogP) is 2.66. The number of nitrogens with one attached hydrogen (secondary N) is 1. The van der Waals surface area contributed by atoms with Crippen LogP contribution in [-0.2, 0) is 16.1 Å². The number of halogens is 1. The third-order valence-corrected chi connectivity index (χ3v) is 5.77. The number of piperazine rings is 1. The molecule has 0 aromatic heterocycles. The molecule has 1 aliphatic heterocycles. The van der Waals surface area contributed by atoms with Crippen LogP contribution < -0.4 is 5.32 Å². The van der Waals surface area contributed by atoms with E-state index in [4.69, 9.17) is 0 Å².